The highest BCUT2D eigenvalue weighted by molar-refractivity contribution is 6.10. The van der Waals surface area contributed by atoms with Crippen LogP contribution in [0.15, 0.2) is 53.5 Å². The molecule has 132 valence electrons. The van der Waals surface area contributed by atoms with Crippen molar-refractivity contribution < 1.29 is 0 Å². The van der Waals surface area contributed by atoms with Crippen LogP contribution in [0.2, 0.25) is 0 Å². The van der Waals surface area contributed by atoms with Crippen molar-refractivity contribution >= 4 is 11.7 Å². The molecule has 0 heterocycles. The topological polar surface area (TPSA) is 48.2 Å². The number of nitrogens with one attached hydrogen (secondary N) is 2. The van der Waals surface area contributed by atoms with E-state index >= 15 is 0 Å². The average molecular weight is 335 g/mol. The van der Waals surface area contributed by atoms with Gasteiger partial charge in [-0.2, -0.15) is 0 Å². The predicted molar refractivity (Wildman–Crippen MR) is 108 cm³/mol. The number of amidine groups is 2. The fourth-order valence-corrected chi connectivity index (χ4v) is 2.74. The van der Waals surface area contributed by atoms with Gasteiger partial charge in [0.05, 0.1) is 0 Å². The number of rotatable bonds is 7. The van der Waals surface area contributed by atoms with E-state index in [1.54, 1.807) is 0 Å². The van der Waals surface area contributed by atoms with Gasteiger partial charge in [-0.05, 0) is 25.3 Å². The van der Waals surface area contributed by atoms with Crippen molar-refractivity contribution in [1.82, 2.24) is 5.32 Å². The quantitative estimate of drug-likeness (QED) is 0.412. The van der Waals surface area contributed by atoms with Crippen LogP contribution in [-0.2, 0) is 6.42 Å². The van der Waals surface area contributed by atoms with Gasteiger partial charge in [0.2, 0.25) is 0 Å². The first-order valence-electron chi connectivity index (χ1n) is 9.15. The van der Waals surface area contributed by atoms with Gasteiger partial charge in [0.15, 0.2) is 5.84 Å². The van der Waals surface area contributed by atoms with Crippen LogP contribution >= 0.6 is 0 Å². The van der Waals surface area contributed by atoms with E-state index in [2.05, 4.69) is 41.5 Å². The van der Waals surface area contributed by atoms with Crippen molar-refractivity contribution in [3.63, 3.8) is 0 Å². The predicted octanol–water partition coefficient (Wildman–Crippen LogP) is 5.11. The molecule has 0 aliphatic heterocycles. The molecular formula is C22H29N3. The Balaban J connectivity index is 2.06. The maximum atomic E-state index is 8.23. The zero-order valence-corrected chi connectivity index (χ0v) is 15.6. The van der Waals surface area contributed by atoms with Crippen molar-refractivity contribution in [3.8, 4) is 0 Å². The summed E-state index contributed by atoms with van der Waals surface area (Å²) in [5.41, 5.74) is 4.38. The van der Waals surface area contributed by atoms with Gasteiger partial charge >= 0.3 is 0 Å². The molecule has 0 unspecified atom stereocenters. The molecule has 3 nitrogen and oxygen atoms in total. The van der Waals surface area contributed by atoms with Crippen molar-refractivity contribution in [2.45, 2.75) is 46.0 Å². The Morgan fingerprint density at radius 1 is 0.920 bits per heavy atom. The molecule has 0 amide bonds. The second-order valence-electron chi connectivity index (χ2n) is 6.43. The van der Waals surface area contributed by atoms with E-state index < -0.39 is 0 Å². The molecule has 0 saturated carbocycles. The molecule has 25 heavy (non-hydrogen) atoms. The summed E-state index contributed by atoms with van der Waals surface area (Å²) < 4.78 is 0. The van der Waals surface area contributed by atoms with Crippen molar-refractivity contribution in [3.05, 3.63) is 70.8 Å². The van der Waals surface area contributed by atoms with Gasteiger partial charge in [0.25, 0.3) is 0 Å². The molecule has 2 aromatic carbocycles. The van der Waals surface area contributed by atoms with Crippen LogP contribution in [0, 0.1) is 12.3 Å². The minimum Gasteiger partial charge on any atom is -0.373 e. The van der Waals surface area contributed by atoms with E-state index in [0.29, 0.717) is 0 Å². The van der Waals surface area contributed by atoms with Crippen LogP contribution in [0.4, 0.5) is 0 Å². The van der Waals surface area contributed by atoms with Gasteiger partial charge < -0.3 is 5.32 Å². The van der Waals surface area contributed by atoms with Gasteiger partial charge in [-0.3, -0.25) is 5.41 Å². The first kappa shape index (κ1) is 18.9. The van der Waals surface area contributed by atoms with E-state index in [1.807, 2.05) is 38.2 Å². The zero-order chi connectivity index (χ0) is 18.1. The third-order valence-corrected chi connectivity index (χ3v) is 4.33. The van der Waals surface area contributed by atoms with Crippen LogP contribution in [0.3, 0.4) is 0 Å². The lowest BCUT2D eigenvalue weighted by Crippen LogP contribution is -2.21. The molecule has 0 fully saturated rings. The molecule has 0 aliphatic rings. The maximum absolute atomic E-state index is 8.23. The highest BCUT2D eigenvalue weighted by Gasteiger charge is 2.05. The van der Waals surface area contributed by atoms with Gasteiger partial charge in [0.1, 0.15) is 5.84 Å². The molecular weight excluding hydrogens is 306 g/mol. The standard InChI is InChI=1S/C22H29N3/c1-4-5-6-7-8-18-11-15-20(16-12-18)22(24-3)25-21(23)19-13-9-17(2)10-14-19/h9-16H,4-8H2,1-3H3,(H2,23,24,25). The number of unbranched alkanes of at least 4 members (excludes halogenated alkanes) is 3. The number of aryl methyl sites for hydroxylation is 2. The van der Waals surface area contributed by atoms with Crippen molar-refractivity contribution in [2.24, 2.45) is 4.99 Å². The molecule has 0 aliphatic carbocycles. The lowest BCUT2D eigenvalue weighted by Gasteiger charge is -2.08. The van der Waals surface area contributed by atoms with E-state index in [-0.39, 0.29) is 5.84 Å². The largest absolute Gasteiger partial charge is 0.373 e. The second kappa shape index (κ2) is 9.77. The Morgan fingerprint density at radius 2 is 1.56 bits per heavy atom. The summed E-state index contributed by atoms with van der Waals surface area (Å²) in [6.07, 6.45) is 6.27. The Labute approximate surface area is 151 Å². The minimum atomic E-state index is 0.271. The van der Waals surface area contributed by atoms with Crippen LogP contribution in [0.25, 0.3) is 0 Å². The number of nitrogens with zero attached hydrogens (tertiary/aromatic N) is 1. The summed E-state index contributed by atoms with van der Waals surface area (Å²) in [6, 6.07) is 16.4. The van der Waals surface area contributed by atoms with Crippen LogP contribution in [-0.4, -0.2) is 18.7 Å². The van der Waals surface area contributed by atoms with Gasteiger partial charge in [-0.15, -0.1) is 0 Å². The average Bonchev–Trinajstić information content (AvgIpc) is 2.64. The van der Waals surface area contributed by atoms with Crippen LogP contribution < -0.4 is 5.32 Å². The second-order valence-corrected chi connectivity index (χ2v) is 6.43. The number of benzene rings is 2. The summed E-state index contributed by atoms with van der Waals surface area (Å²) >= 11 is 0. The fourth-order valence-electron chi connectivity index (χ4n) is 2.74. The first-order valence-corrected chi connectivity index (χ1v) is 9.15. The Morgan fingerprint density at radius 3 is 2.16 bits per heavy atom. The monoisotopic (exact) mass is 335 g/mol. The van der Waals surface area contributed by atoms with E-state index in [0.717, 1.165) is 23.4 Å². The SMILES string of the molecule is CCCCCCc1ccc(/C(=N/C(=N)c2ccc(C)cc2)NC)cc1. The highest BCUT2D eigenvalue weighted by atomic mass is 15.0. The number of aliphatic imine (C=N–C) groups is 1. The van der Waals surface area contributed by atoms with Crippen molar-refractivity contribution in [2.75, 3.05) is 7.05 Å². The first-order chi connectivity index (χ1) is 12.1. The molecule has 0 atom stereocenters. The summed E-state index contributed by atoms with van der Waals surface area (Å²) in [5, 5.41) is 11.3. The smallest absolute Gasteiger partial charge is 0.154 e. The van der Waals surface area contributed by atoms with Crippen molar-refractivity contribution in [1.29, 1.82) is 5.41 Å². The van der Waals surface area contributed by atoms with Crippen LogP contribution in [0.5, 0.6) is 0 Å². The molecule has 0 aromatic heterocycles. The maximum Gasteiger partial charge on any atom is 0.154 e. The number of hydrogen-bond acceptors (Lipinski definition) is 1. The van der Waals surface area contributed by atoms with Gasteiger partial charge in [0, 0.05) is 18.2 Å². The lowest BCUT2D eigenvalue weighted by molar-refractivity contribution is 0.667. The fraction of sp³-hybridized carbons (Fsp3) is 0.364. The molecule has 2 rings (SSSR count). The highest BCUT2D eigenvalue weighted by Crippen LogP contribution is 2.11. The third-order valence-electron chi connectivity index (χ3n) is 4.33. The molecule has 0 spiro atoms. The Hall–Kier alpha value is -2.42. The summed E-state index contributed by atoms with van der Waals surface area (Å²) in [5.74, 6) is 0.996. The van der Waals surface area contributed by atoms with E-state index in [4.69, 9.17) is 5.41 Å². The summed E-state index contributed by atoms with van der Waals surface area (Å²) in [6.45, 7) is 4.28. The molecule has 0 bridgehead atoms. The molecule has 2 N–H and O–H groups in total. The van der Waals surface area contributed by atoms with Gasteiger partial charge in [-0.25, -0.2) is 4.99 Å². The van der Waals surface area contributed by atoms with Crippen LogP contribution in [0.1, 0.15) is 54.9 Å². The van der Waals surface area contributed by atoms with E-state index in [9.17, 15) is 0 Å². The lowest BCUT2D eigenvalue weighted by atomic mass is 10.0. The normalized spacial score (nSPS) is 11.4. The molecule has 3 heteroatoms. The Kier molecular flexibility index (Phi) is 7.39. The number of hydrogen-bond donors (Lipinski definition) is 2. The molecule has 0 saturated heterocycles. The van der Waals surface area contributed by atoms with Gasteiger partial charge in [-0.1, -0.05) is 80.3 Å². The zero-order valence-electron chi connectivity index (χ0n) is 15.6. The summed E-state index contributed by atoms with van der Waals surface area (Å²) in [7, 11) is 1.85. The molecule has 2 aromatic rings. The third kappa shape index (κ3) is 5.86. The van der Waals surface area contributed by atoms with E-state index in [1.165, 1.54) is 36.8 Å². The molecule has 0 radical (unpaired) electrons. The minimum absolute atomic E-state index is 0.271. The Bertz CT molecular complexity index is 697. The summed E-state index contributed by atoms with van der Waals surface area (Å²) in [4.78, 5) is 4.47.